The van der Waals surface area contributed by atoms with E-state index in [9.17, 15) is 4.39 Å². The van der Waals surface area contributed by atoms with Crippen molar-refractivity contribution < 1.29 is 13.9 Å². The van der Waals surface area contributed by atoms with E-state index in [4.69, 9.17) is 15.2 Å². The van der Waals surface area contributed by atoms with Crippen LogP contribution in [0.5, 0.6) is 11.6 Å². The molecule has 4 nitrogen and oxygen atoms in total. The number of nitrogens with two attached hydrogens (primary N) is 1. The second kappa shape index (κ2) is 6.86. The summed E-state index contributed by atoms with van der Waals surface area (Å²) < 4.78 is 24.2. The number of hydrogen-bond donors (Lipinski definition) is 1. The summed E-state index contributed by atoms with van der Waals surface area (Å²) in [4.78, 5) is 4.08. The molecular formula is C15H17FN2O2. The molecule has 0 aliphatic rings. The topological polar surface area (TPSA) is 57.4 Å². The van der Waals surface area contributed by atoms with Crippen LogP contribution in [0.4, 0.5) is 4.39 Å². The van der Waals surface area contributed by atoms with Crippen molar-refractivity contribution in [3.8, 4) is 11.6 Å². The molecule has 0 radical (unpaired) electrons. The lowest BCUT2D eigenvalue weighted by molar-refractivity contribution is 0.292. The molecule has 0 amide bonds. The molecule has 0 aliphatic heterocycles. The zero-order valence-corrected chi connectivity index (χ0v) is 11.3. The number of halogens is 1. The van der Waals surface area contributed by atoms with Crippen LogP contribution in [0.2, 0.25) is 0 Å². The van der Waals surface area contributed by atoms with Gasteiger partial charge in [0, 0.05) is 12.3 Å². The summed E-state index contributed by atoms with van der Waals surface area (Å²) in [7, 11) is 1.55. The maximum absolute atomic E-state index is 13.5. The van der Waals surface area contributed by atoms with Crippen LogP contribution in [0.25, 0.3) is 0 Å². The summed E-state index contributed by atoms with van der Waals surface area (Å²) in [6, 6.07) is 8.25. The Balaban J connectivity index is 2.10. The monoisotopic (exact) mass is 276 g/mol. The molecule has 5 heteroatoms. The molecule has 0 spiro atoms. The number of benzene rings is 1. The van der Waals surface area contributed by atoms with Gasteiger partial charge in [0.15, 0.2) is 0 Å². The fraction of sp³-hybridized carbons (Fsp3) is 0.267. The van der Waals surface area contributed by atoms with Gasteiger partial charge in [0.25, 0.3) is 0 Å². The number of aromatic nitrogens is 1. The third-order valence-corrected chi connectivity index (χ3v) is 2.80. The van der Waals surface area contributed by atoms with Gasteiger partial charge < -0.3 is 15.2 Å². The molecule has 20 heavy (non-hydrogen) atoms. The highest BCUT2D eigenvalue weighted by molar-refractivity contribution is 5.31. The molecular weight excluding hydrogens is 259 g/mol. The van der Waals surface area contributed by atoms with E-state index in [0.29, 0.717) is 24.6 Å². The molecule has 0 saturated heterocycles. The van der Waals surface area contributed by atoms with Crippen LogP contribution in [-0.4, -0.2) is 18.6 Å². The van der Waals surface area contributed by atoms with E-state index >= 15 is 0 Å². The quantitative estimate of drug-likeness (QED) is 0.879. The van der Waals surface area contributed by atoms with Crippen LogP contribution >= 0.6 is 0 Å². The molecule has 2 aromatic rings. The largest absolute Gasteiger partial charge is 0.489 e. The van der Waals surface area contributed by atoms with Gasteiger partial charge in [-0.05, 0) is 42.8 Å². The van der Waals surface area contributed by atoms with Crippen molar-refractivity contribution >= 4 is 0 Å². The van der Waals surface area contributed by atoms with E-state index in [1.54, 1.807) is 25.4 Å². The van der Waals surface area contributed by atoms with Crippen LogP contribution in [0, 0.1) is 5.82 Å². The van der Waals surface area contributed by atoms with Gasteiger partial charge in [-0.15, -0.1) is 0 Å². The van der Waals surface area contributed by atoms with Gasteiger partial charge in [-0.3, -0.25) is 0 Å². The lowest BCUT2D eigenvalue weighted by Crippen LogP contribution is -2.04. The third-order valence-electron chi connectivity index (χ3n) is 2.80. The first kappa shape index (κ1) is 14.3. The highest BCUT2D eigenvalue weighted by atomic mass is 19.1. The van der Waals surface area contributed by atoms with Crippen LogP contribution < -0.4 is 15.2 Å². The van der Waals surface area contributed by atoms with Crippen LogP contribution in [0.3, 0.4) is 0 Å². The van der Waals surface area contributed by atoms with Gasteiger partial charge in [-0.1, -0.05) is 0 Å². The molecule has 2 rings (SSSR count). The minimum atomic E-state index is -0.330. The van der Waals surface area contributed by atoms with Crippen molar-refractivity contribution in [2.24, 2.45) is 5.73 Å². The van der Waals surface area contributed by atoms with E-state index in [1.165, 1.54) is 12.1 Å². The van der Waals surface area contributed by atoms with Gasteiger partial charge in [0.2, 0.25) is 5.88 Å². The van der Waals surface area contributed by atoms with E-state index in [-0.39, 0.29) is 12.4 Å². The summed E-state index contributed by atoms with van der Waals surface area (Å²) in [6.07, 6.45) is 2.26. The zero-order valence-electron chi connectivity index (χ0n) is 11.3. The highest BCUT2D eigenvalue weighted by Crippen LogP contribution is 2.20. The summed E-state index contributed by atoms with van der Waals surface area (Å²) in [5.74, 6) is 0.648. The fourth-order valence-electron chi connectivity index (χ4n) is 1.89. The molecule has 1 aromatic heterocycles. The predicted molar refractivity (Wildman–Crippen MR) is 74.3 cm³/mol. The molecule has 1 aromatic carbocycles. The second-order valence-corrected chi connectivity index (χ2v) is 4.29. The van der Waals surface area contributed by atoms with Crippen LogP contribution in [0.15, 0.2) is 36.5 Å². The normalized spacial score (nSPS) is 10.3. The number of ether oxygens (including phenoxy) is 2. The molecule has 2 N–H and O–H groups in total. The number of hydrogen-bond acceptors (Lipinski definition) is 4. The third kappa shape index (κ3) is 3.68. The average molecular weight is 276 g/mol. The summed E-state index contributed by atoms with van der Waals surface area (Å²) >= 11 is 0. The lowest BCUT2D eigenvalue weighted by Gasteiger charge is -2.10. The molecule has 106 valence electrons. The first-order valence-electron chi connectivity index (χ1n) is 6.33. The zero-order chi connectivity index (χ0) is 14.4. The Labute approximate surface area is 117 Å². The number of rotatable bonds is 6. The van der Waals surface area contributed by atoms with Crippen LogP contribution in [-0.2, 0) is 13.0 Å². The Morgan fingerprint density at radius 1 is 1.30 bits per heavy atom. The standard InChI is InChI=1S/C15H17FN2O2/c1-19-15-12(3-2-6-18-15)10-20-14-8-11(4-5-17)7-13(16)9-14/h2-3,6-9H,4-5,10,17H2,1H3. The van der Waals surface area contributed by atoms with E-state index in [0.717, 1.165) is 11.1 Å². The lowest BCUT2D eigenvalue weighted by atomic mass is 10.1. The van der Waals surface area contributed by atoms with E-state index < -0.39 is 0 Å². The van der Waals surface area contributed by atoms with Crippen LogP contribution in [0.1, 0.15) is 11.1 Å². The average Bonchev–Trinajstić information content (AvgIpc) is 2.45. The fourth-order valence-corrected chi connectivity index (χ4v) is 1.89. The minimum absolute atomic E-state index is 0.266. The van der Waals surface area contributed by atoms with Gasteiger partial charge in [-0.25, -0.2) is 9.37 Å². The van der Waals surface area contributed by atoms with Gasteiger partial charge in [0.05, 0.1) is 12.7 Å². The molecule has 0 saturated carbocycles. The predicted octanol–water partition coefficient (Wildman–Crippen LogP) is 2.31. The first-order chi connectivity index (χ1) is 9.72. The van der Waals surface area contributed by atoms with Crippen molar-refractivity contribution in [2.75, 3.05) is 13.7 Å². The number of nitrogens with zero attached hydrogens (tertiary/aromatic N) is 1. The van der Waals surface area contributed by atoms with Gasteiger partial charge in [0.1, 0.15) is 18.2 Å². The summed E-state index contributed by atoms with van der Waals surface area (Å²) in [5.41, 5.74) is 7.10. The summed E-state index contributed by atoms with van der Waals surface area (Å²) in [6.45, 7) is 0.738. The Hall–Kier alpha value is -2.14. The summed E-state index contributed by atoms with van der Waals surface area (Å²) in [5, 5.41) is 0. The molecule has 0 atom stereocenters. The Morgan fingerprint density at radius 2 is 2.15 bits per heavy atom. The van der Waals surface area contributed by atoms with Crippen molar-refractivity contribution in [1.29, 1.82) is 0 Å². The molecule has 0 fully saturated rings. The number of pyridine rings is 1. The Kier molecular flexibility index (Phi) is 4.90. The second-order valence-electron chi connectivity index (χ2n) is 4.29. The van der Waals surface area contributed by atoms with E-state index in [1.807, 2.05) is 6.07 Å². The number of methoxy groups -OCH3 is 1. The minimum Gasteiger partial charge on any atom is -0.489 e. The van der Waals surface area contributed by atoms with Crippen molar-refractivity contribution in [3.05, 3.63) is 53.5 Å². The maximum Gasteiger partial charge on any atom is 0.219 e. The van der Waals surface area contributed by atoms with Crippen molar-refractivity contribution in [2.45, 2.75) is 13.0 Å². The van der Waals surface area contributed by atoms with Gasteiger partial charge in [-0.2, -0.15) is 0 Å². The molecule has 0 bridgehead atoms. The molecule has 0 aliphatic carbocycles. The highest BCUT2D eigenvalue weighted by Gasteiger charge is 2.06. The first-order valence-corrected chi connectivity index (χ1v) is 6.33. The van der Waals surface area contributed by atoms with E-state index in [2.05, 4.69) is 4.98 Å². The Bertz CT molecular complexity index is 576. The maximum atomic E-state index is 13.5. The van der Waals surface area contributed by atoms with Gasteiger partial charge >= 0.3 is 0 Å². The SMILES string of the molecule is COc1ncccc1COc1cc(F)cc(CCN)c1. The molecule has 1 heterocycles. The Morgan fingerprint density at radius 3 is 2.90 bits per heavy atom. The van der Waals surface area contributed by atoms with Crippen molar-refractivity contribution in [1.82, 2.24) is 4.98 Å². The molecule has 0 unspecified atom stereocenters. The smallest absolute Gasteiger partial charge is 0.219 e. The van der Waals surface area contributed by atoms with Crippen molar-refractivity contribution in [3.63, 3.8) is 0 Å².